The Balaban J connectivity index is 0.000000345. The number of piperidine rings is 1. The van der Waals surface area contributed by atoms with E-state index in [1.165, 1.54) is 7.11 Å². The van der Waals surface area contributed by atoms with Gasteiger partial charge >= 0.3 is 12.1 Å². The summed E-state index contributed by atoms with van der Waals surface area (Å²) in [6.07, 6.45) is 0.475. The van der Waals surface area contributed by atoms with Gasteiger partial charge in [-0.3, -0.25) is 14.3 Å². The lowest BCUT2D eigenvalue weighted by molar-refractivity contribution is -0.192. The van der Waals surface area contributed by atoms with Crippen molar-refractivity contribution in [2.24, 2.45) is 7.05 Å². The number of carbonyl (C=O) groups excluding carboxylic acids is 2. The number of aryl methyl sites for hydroxylation is 1. The highest BCUT2D eigenvalue weighted by Gasteiger charge is 2.45. The van der Waals surface area contributed by atoms with Crippen LogP contribution in [0.2, 0.25) is 0 Å². The number of carbonyl (C=O) groups is 3. The molecule has 2 aliphatic heterocycles. The van der Waals surface area contributed by atoms with Crippen LogP contribution in [0.15, 0.2) is 12.4 Å². The summed E-state index contributed by atoms with van der Waals surface area (Å²) in [6.45, 7) is 0.783. The number of carboxylic acid groups (broad SMARTS) is 1. The van der Waals surface area contributed by atoms with E-state index < -0.39 is 12.1 Å². The van der Waals surface area contributed by atoms with E-state index in [4.69, 9.17) is 14.6 Å². The van der Waals surface area contributed by atoms with E-state index in [1.807, 2.05) is 23.0 Å². The summed E-state index contributed by atoms with van der Waals surface area (Å²) in [5.41, 5.74) is 0.818. The van der Waals surface area contributed by atoms with E-state index in [0.717, 1.165) is 18.5 Å². The summed E-state index contributed by atoms with van der Waals surface area (Å²) in [5, 5.41) is 11.3. The standard InChI is InChI=1S/C14H20N4O3.C2HF3O2/c1-16-8-10(7-15-16)18-12-5-6-17(14(20)9-21-2)11(12)3-4-13(18)19;3-2(4,5)1(6)7/h7-8,11-12H,3-6,9H2,1-2H3;(H,6,7)/t11-,12-;/m0./s1. The Morgan fingerprint density at radius 3 is 2.46 bits per heavy atom. The molecule has 2 saturated heterocycles. The zero-order valence-electron chi connectivity index (χ0n) is 15.3. The first-order valence-electron chi connectivity index (χ1n) is 8.45. The first-order chi connectivity index (χ1) is 13.1. The Bertz CT molecular complexity index is 736. The van der Waals surface area contributed by atoms with Gasteiger partial charge in [0.05, 0.1) is 24.0 Å². The fraction of sp³-hybridized carbons (Fsp3) is 0.625. The molecular formula is C16H21F3N4O5. The number of fused-ring (bicyclic) bond motifs is 1. The summed E-state index contributed by atoms with van der Waals surface area (Å²) < 4.78 is 38.4. The summed E-state index contributed by atoms with van der Waals surface area (Å²) in [6, 6.07) is 0.141. The van der Waals surface area contributed by atoms with Gasteiger partial charge in [-0.25, -0.2) is 4.79 Å². The van der Waals surface area contributed by atoms with Gasteiger partial charge in [0.25, 0.3) is 0 Å². The van der Waals surface area contributed by atoms with Crippen molar-refractivity contribution in [1.82, 2.24) is 14.7 Å². The summed E-state index contributed by atoms with van der Waals surface area (Å²) in [7, 11) is 3.36. The lowest BCUT2D eigenvalue weighted by Gasteiger charge is -2.39. The van der Waals surface area contributed by atoms with Gasteiger partial charge in [-0.1, -0.05) is 0 Å². The third-order valence-corrected chi connectivity index (χ3v) is 4.56. The fourth-order valence-electron chi connectivity index (χ4n) is 3.45. The molecule has 2 atom stereocenters. The van der Waals surface area contributed by atoms with Crippen LogP contribution in [0.25, 0.3) is 0 Å². The van der Waals surface area contributed by atoms with Crippen LogP contribution in [-0.2, 0) is 26.2 Å². The second-order valence-corrected chi connectivity index (χ2v) is 6.42. The highest BCUT2D eigenvalue weighted by atomic mass is 19.4. The molecule has 1 N–H and O–H groups in total. The average Bonchev–Trinajstić information content (AvgIpc) is 3.21. The molecule has 0 unspecified atom stereocenters. The van der Waals surface area contributed by atoms with Crippen molar-refractivity contribution in [3.63, 3.8) is 0 Å². The molecule has 2 amide bonds. The molecule has 2 aliphatic rings. The topological polar surface area (TPSA) is 105 Å². The van der Waals surface area contributed by atoms with Crippen LogP contribution in [0.5, 0.6) is 0 Å². The van der Waals surface area contributed by atoms with Crippen LogP contribution < -0.4 is 4.90 Å². The second kappa shape index (κ2) is 8.59. The number of aliphatic carboxylic acids is 1. The second-order valence-electron chi connectivity index (χ2n) is 6.42. The van der Waals surface area contributed by atoms with Crippen LogP contribution in [0.3, 0.4) is 0 Å². The molecule has 1 aromatic heterocycles. The van der Waals surface area contributed by atoms with E-state index in [9.17, 15) is 22.8 Å². The minimum Gasteiger partial charge on any atom is -0.475 e. The van der Waals surface area contributed by atoms with Gasteiger partial charge in [0.1, 0.15) is 6.61 Å². The molecule has 0 aliphatic carbocycles. The number of hydrogen-bond donors (Lipinski definition) is 1. The number of rotatable bonds is 3. The van der Waals surface area contributed by atoms with Crippen molar-refractivity contribution < 1.29 is 37.4 Å². The van der Waals surface area contributed by atoms with Gasteiger partial charge in [-0.05, 0) is 12.8 Å². The highest BCUT2D eigenvalue weighted by Crippen LogP contribution is 2.34. The van der Waals surface area contributed by atoms with E-state index in [2.05, 4.69) is 5.10 Å². The van der Waals surface area contributed by atoms with Crippen LogP contribution >= 0.6 is 0 Å². The van der Waals surface area contributed by atoms with E-state index in [0.29, 0.717) is 13.0 Å². The lowest BCUT2D eigenvalue weighted by Crippen LogP contribution is -2.53. The third kappa shape index (κ3) is 4.80. The van der Waals surface area contributed by atoms with Crippen LogP contribution in [0.4, 0.5) is 18.9 Å². The maximum Gasteiger partial charge on any atom is 0.490 e. The smallest absolute Gasteiger partial charge is 0.475 e. The molecule has 12 heteroatoms. The van der Waals surface area contributed by atoms with Crippen molar-refractivity contribution in [3.8, 4) is 0 Å². The van der Waals surface area contributed by atoms with E-state index in [1.54, 1.807) is 10.9 Å². The number of aromatic nitrogens is 2. The molecule has 0 aromatic carbocycles. The summed E-state index contributed by atoms with van der Waals surface area (Å²) >= 11 is 0. The number of likely N-dealkylation sites (tertiary alicyclic amines) is 1. The van der Waals surface area contributed by atoms with Gasteiger partial charge in [-0.15, -0.1) is 0 Å². The van der Waals surface area contributed by atoms with Crippen molar-refractivity contribution in [2.75, 3.05) is 25.2 Å². The fourth-order valence-corrected chi connectivity index (χ4v) is 3.45. The van der Waals surface area contributed by atoms with Crippen molar-refractivity contribution >= 4 is 23.5 Å². The molecular weight excluding hydrogens is 385 g/mol. The predicted octanol–water partition coefficient (Wildman–Crippen LogP) is 0.796. The Morgan fingerprint density at radius 2 is 1.96 bits per heavy atom. The van der Waals surface area contributed by atoms with Crippen molar-refractivity contribution in [3.05, 3.63) is 12.4 Å². The summed E-state index contributed by atoms with van der Waals surface area (Å²) in [4.78, 5) is 37.0. The molecule has 0 saturated carbocycles. The molecule has 3 rings (SSSR count). The molecule has 1 aromatic rings. The first-order valence-corrected chi connectivity index (χ1v) is 8.45. The molecule has 0 spiro atoms. The van der Waals surface area contributed by atoms with Crippen molar-refractivity contribution in [2.45, 2.75) is 37.5 Å². The number of hydrogen-bond acceptors (Lipinski definition) is 5. The maximum absolute atomic E-state index is 12.3. The van der Waals surface area contributed by atoms with E-state index in [-0.39, 0.29) is 30.5 Å². The number of nitrogens with zero attached hydrogens (tertiary/aromatic N) is 4. The van der Waals surface area contributed by atoms with Gasteiger partial charge in [0.15, 0.2) is 0 Å². The number of methoxy groups -OCH3 is 1. The first kappa shape index (κ1) is 21.7. The average molecular weight is 406 g/mol. The van der Waals surface area contributed by atoms with Crippen molar-refractivity contribution in [1.29, 1.82) is 0 Å². The molecule has 28 heavy (non-hydrogen) atoms. The normalized spacial score (nSPS) is 21.8. The molecule has 9 nitrogen and oxygen atoms in total. The predicted molar refractivity (Wildman–Crippen MR) is 89.4 cm³/mol. The molecule has 2 fully saturated rings. The molecule has 3 heterocycles. The van der Waals surface area contributed by atoms with Gasteiger partial charge in [0.2, 0.25) is 11.8 Å². The number of alkyl halides is 3. The zero-order valence-corrected chi connectivity index (χ0v) is 15.3. The Kier molecular flexibility index (Phi) is 6.65. The largest absolute Gasteiger partial charge is 0.490 e. The lowest BCUT2D eigenvalue weighted by atomic mass is 9.96. The zero-order chi connectivity index (χ0) is 21.1. The Labute approximate surface area is 158 Å². The minimum absolute atomic E-state index is 0.00508. The SMILES string of the molecule is COCC(=O)N1CC[C@H]2[C@@H]1CCC(=O)N2c1cnn(C)c1.O=C(O)C(F)(F)F. The number of halogens is 3. The van der Waals surface area contributed by atoms with E-state index >= 15 is 0 Å². The van der Waals surface area contributed by atoms with Gasteiger partial charge < -0.3 is 19.6 Å². The monoisotopic (exact) mass is 406 g/mol. The highest BCUT2D eigenvalue weighted by molar-refractivity contribution is 5.95. The van der Waals surface area contributed by atoms with Crippen LogP contribution in [0, 0.1) is 0 Å². The Morgan fingerprint density at radius 1 is 1.32 bits per heavy atom. The summed E-state index contributed by atoms with van der Waals surface area (Å²) in [5.74, 6) is -2.64. The third-order valence-electron chi connectivity index (χ3n) is 4.56. The minimum atomic E-state index is -5.08. The van der Waals surface area contributed by atoms with Crippen LogP contribution in [-0.4, -0.2) is 76.1 Å². The maximum atomic E-state index is 12.3. The van der Waals surface area contributed by atoms with Gasteiger partial charge in [0, 0.05) is 33.3 Å². The number of ether oxygens (including phenoxy) is 1. The number of amides is 2. The molecule has 156 valence electrons. The van der Waals surface area contributed by atoms with Crippen LogP contribution in [0.1, 0.15) is 19.3 Å². The van der Waals surface area contributed by atoms with Gasteiger partial charge in [-0.2, -0.15) is 18.3 Å². The number of carboxylic acids is 1. The number of anilines is 1. The molecule has 0 bridgehead atoms. The quantitative estimate of drug-likeness (QED) is 0.796. The molecule has 0 radical (unpaired) electrons. The Hall–Kier alpha value is -2.63.